The summed E-state index contributed by atoms with van der Waals surface area (Å²) in [5.41, 5.74) is 0. The van der Waals surface area contributed by atoms with E-state index in [1.165, 1.54) is 225 Å². The molecule has 1 amide bonds. The molecule has 8 nitrogen and oxygen atoms in total. The molecular weight excluding hydrogens is 864 g/mol. The first-order valence-electron chi connectivity index (χ1n) is 29.4. The standard InChI is InChI=1S/C59H115N2O6P/c1-6-8-10-12-14-16-18-20-22-24-26-28-29-30-31-32-33-35-37-39-41-43-45-47-49-51-53-59(63)60-57(56-67-68(64,65)66-55-54-61(3,4)5)58(62)52-50-48-46-44-42-40-38-36-34-27-25-23-21-19-17-15-13-11-9-7-2/h30-31,42,44,50,52,57-58,62H,6-29,32-41,43,45-49,51,53-56H2,1-5H3,(H-,60,63,64,65)/p+1/b31-30-,44-42+,52-50+. The molecule has 3 atom stereocenters. The van der Waals surface area contributed by atoms with Gasteiger partial charge < -0.3 is 19.8 Å². The van der Waals surface area contributed by atoms with Crippen LogP contribution in [0.5, 0.6) is 0 Å². The number of hydrogen-bond acceptors (Lipinski definition) is 5. The lowest BCUT2D eigenvalue weighted by Crippen LogP contribution is -2.45. The van der Waals surface area contributed by atoms with Gasteiger partial charge in [0.05, 0.1) is 39.9 Å². The fraction of sp³-hybridized carbons (Fsp3) is 0.881. The molecule has 402 valence electrons. The van der Waals surface area contributed by atoms with E-state index in [1.807, 2.05) is 27.2 Å². The van der Waals surface area contributed by atoms with Crippen molar-refractivity contribution in [2.45, 2.75) is 296 Å². The Hall–Kier alpha value is -1.28. The lowest BCUT2D eigenvalue weighted by Gasteiger charge is -2.25. The summed E-state index contributed by atoms with van der Waals surface area (Å²) < 4.78 is 23.7. The monoisotopic (exact) mass is 980 g/mol. The Kier molecular flexibility index (Phi) is 49.7. The second kappa shape index (κ2) is 50.7. The number of aliphatic hydroxyl groups is 1. The van der Waals surface area contributed by atoms with Gasteiger partial charge in [-0.1, -0.05) is 256 Å². The Bertz CT molecular complexity index is 1200. The van der Waals surface area contributed by atoms with Crippen molar-refractivity contribution in [1.82, 2.24) is 5.32 Å². The van der Waals surface area contributed by atoms with E-state index < -0.39 is 20.0 Å². The van der Waals surface area contributed by atoms with E-state index in [0.717, 1.165) is 38.5 Å². The van der Waals surface area contributed by atoms with Gasteiger partial charge in [0, 0.05) is 6.42 Å². The van der Waals surface area contributed by atoms with E-state index >= 15 is 0 Å². The highest BCUT2D eigenvalue weighted by atomic mass is 31.2. The topological polar surface area (TPSA) is 105 Å². The summed E-state index contributed by atoms with van der Waals surface area (Å²) >= 11 is 0. The summed E-state index contributed by atoms with van der Waals surface area (Å²) in [5, 5.41) is 13.9. The van der Waals surface area contributed by atoms with Gasteiger partial charge in [0.1, 0.15) is 13.2 Å². The minimum atomic E-state index is -4.35. The molecule has 0 bridgehead atoms. The molecule has 0 aromatic carbocycles. The number of allylic oxidation sites excluding steroid dienone is 5. The molecule has 0 rings (SSSR count). The number of likely N-dealkylation sites (N-methyl/N-ethyl adjacent to an activating group) is 1. The number of carbonyl (C=O) groups is 1. The van der Waals surface area contributed by atoms with Gasteiger partial charge in [0.25, 0.3) is 0 Å². The van der Waals surface area contributed by atoms with Crippen LogP contribution in [0.2, 0.25) is 0 Å². The van der Waals surface area contributed by atoms with E-state index in [9.17, 15) is 19.4 Å². The third-order valence-corrected chi connectivity index (χ3v) is 14.3. The fourth-order valence-corrected chi connectivity index (χ4v) is 9.44. The summed E-state index contributed by atoms with van der Waals surface area (Å²) in [6, 6.07) is -0.864. The van der Waals surface area contributed by atoms with Gasteiger partial charge in [-0.3, -0.25) is 13.8 Å². The number of amides is 1. The molecule has 0 saturated heterocycles. The normalized spacial score (nSPS) is 14.2. The van der Waals surface area contributed by atoms with Crippen molar-refractivity contribution in [2.75, 3.05) is 40.9 Å². The highest BCUT2D eigenvalue weighted by molar-refractivity contribution is 7.47. The van der Waals surface area contributed by atoms with E-state index in [4.69, 9.17) is 9.05 Å². The van der Waals surface area contributed by atoms with Crippen molar-refractivity contribution in [1.29, 1.82) is 0 Å². The zero-order chi connectivity index (χ0) is 49.9. The first kappa shape index (κ1) is 66.7. The van der Waals surface area contributed by atoms with Crippen LogP contribution in [-0.2, 0) is 18.4 Å². The molecule has 0 radical (unpaired) electrons. The van der Waals surface area contributed by atoms with Gasteiger partial charge in [-0.25, -0.2) is 4.57 Å². The molecule has 0 aliphatic rings. The summed E-state index contributed by atoms with van der Waals surface area (Å²) in [6.45, 7) is 4.83. The van der Waals surface area contributed by atoms with Crippen molar-refractivity contribution in [3.63, 3.8) is 0 Å². The molecule has 0 fully saturated rings. The van der Waals surface area contributed by atoms with Crippen molar-refractivity contribution >= 4 is 13.7 Å². The largest absolute Gasteiger partial charge is 0.472 e. The summed E-state index contributed by atoms with van der Waals surface area (Å²) in [4.78, 5) is 23.3. The van der Waals surface area contributed by atoms with Crippen LogP contribution in [0.1, 0.15) is 284 Å². The molecule has 0 saturated carbocycles. The van der Waals surface area contributed by atoms with Gasteiger partial charge in [-0.05, 0) is 57.8 Å². The highest BCUT2D eigenvalue weighted by Gasteiger charge is 2.27. The molecule has 0 aliphatic heterocycles. The molecule has 3 unspecified atom stereocenters. The minimum Gasteiger partial charge on any atom is -0.387 e. The van der Waals surface area contributed by atoms with Crippen molar-refractivity contribution < 1.29 is 32.9 Å². The number of aliphatic hydroxyl groups excluding tert-OH is 1. The van der Waals surface area contributed by atoms with Gasteiger partial charge >= 0.3 is 7.82 Å². The van der Waals surface area contributed by atoms with E-state index in [-0.39, 0.29) is 19.1 Å². The number of hydrogen-bond donors (Lipinski definition) is 3. The van der Waals surface area contributed by atoms with E-state index in [2.05, 4.69) is 43.5 Å². The Labute approximate surface area is 423 Å². The summed E-state index contributed by atoms with van der Waals surface area (Å²) in [7, 11) is 1.56. The van der Waals surface area contributed by atoms with Crippen molar-refractivity contribution in [2.24, 2.45) is 0 Å². The van der Waals surface area contributed by atoms with Crippen molar-refractivity contribution in [3.8, 4) is 0 Å². The van der Waals surface area contributed by atoms with Crippen LogP contribution in [0.3, 0.4) is 0 Å². The van der Waals surface area contributed by atoms with Crippen LogP contribution in [0, 0.1) is 0 Å². The zero-order valence-corrected chi connectivity index (χ0v) is 46.8. The van der Waals surface area contributed by atoms with Crippen LogP contribution >= 0.6 is 7.82 Å². The Morgan fingerprint density at radius 1 is 0.485 bits per heavy atom. The minimum absolute atomic E-state index is 0.0567. The molecule has 0 spiro atoms. The third-order valence-electron chi connectivity index (χ3n) is 13.3. The van der Waals surface area contributed by atoms with E-state index in [1.54, 1.807) is 6.08 Å². The number of rotatable bonds is 54. The second-order valence-electron chi connectivity index (χ2n) is 21.4. The Morgan fingerprint density at radius 3 is 1.18 bits per heavy atom. The third kappa shape index (κ3) is 52.5. The molecule has 0 heterocycles. The number of phosphoric ester groups is 1. The quantitative estimate of drug-likeness (QED) is 0.0243. The Morgan fingerprint density at radius 2 is 0.809 bits per heavy atom. The van der Waals surface area contributed by atoms with E-state index in [0.29, 0.717) is 17.4 Å². The molecule has 68 heavy (non-hydrogen) atoms. The smallest absolute Gasteiger partial charge is 0.387 e. The number of phosphoric acid groups is 1. The predicted octanol–water partition coefficient (Wildman–Crippen LogP) is 17.8. The Balaban J connectivity index is 4.21. The maximum Gasteiger partial charge on any atom is 0.472 e. The first-order chi connectivity index (χ1) is 33.0. The zero-order valence-electron chi connectivity index (χ0n) is 45.9. The molecule has 0 aromatic rings. The van der Waals surface area contributed by atoms with Crippen LogP contribution < -0.4 is 5.32 Å². The fourth-order valence-electron chi connectivity index (χ4n) is 8.70. The highest BCUT2D eigenvalue weighted by Crippen LogP contribution is 2.43. The van der Waals surface area contributed by atoms with Gasteiger partial charge in [0.15, 0.2) is 0 Å². The summed E-state index contributed by atoms with van der Waals surface area (Å²) in [6.07, 6.45) is 65.4. The number of nitrogens with one attached hydrogen (secondary N) is 1. The number of nitrogens with zero attached hydrogens (tertiary/aromatic N) is 1. The molecule has 3 N–H and O–H groups in total. The number of quaternary nitrogens is 1. The van der Waals surface area contributed by atoms with Crippen LogP contribution in [-0.4, -0.2) is 73.4 Å². The molecule has 9 heteroatoms. The average molecular weight is 981 g/mol. The van der Waals surface area contributed by atoms with Crippen LogP contribution in [0.4, 0.5) is 0 Å². The lowest BCUT2D eigenvalue weighted by molar-refractivity contribution is -0.870. The van der Waals surface area contributed by atoms with Gasteiger partial charge in [-0.2, -0.15) is 0 Å². The summed E-state index contributed by atoms with van der Waals surface area (Å²) in [5.74, 6) is -0.185. The predicted molar refractivity (Wildman–Crippen MR) is 295 cm³/mol. The van der Waals surface area contributed by atoms with Crippen LogP contribution in [0.25, 0.3) is 0 Å². The maximum atomic E-state index is 13.0. The van der Waals surface area contributed by atoms with Crippen molar-refractivity contribution in [3.05, 3.63) is 36.5 Å². The van der Waals surface area contributed by atoms with Gasteiger partial charge in [-0.15, -0.1) is 0 Å². The molecule has 0 aromatic heterocycles. The SMILES string of the molecule is CCCCCCCCCCCCCC/C=C\CCCCCCCCCCCCC(=O)NC(COP(=O)(O)OCC[N+](C)(C)C)C(O)/C=C/CC/C=C/CCCCCCCCCCCCCCCC. The molecule has 0 aliphatic carbocycles. The first-order valence-corrected chi connectivity index (χ1v) is 30.9. The van der Waals surface area contributed by atoms with Gasteiger partial charge in [0.2, 0.25) is 5.91 Å². The number of unbranched alkanes of at least 4 members (excludes halogenated alkanes) is 37. The maximum absolute atomic E-state index is 13.0. The lowest BCUT2D eigenvalue weighted by atomic mass is 10.0. The number of carbonyl (C=O) groups excluding carboxylic acids is 1. The average Bonchev–Trinajstić information content (AvgIpc) is 3.30. The second-order valence-corrected chi connectivity index (χ2v) is 22.8. The van der Waals surface area contributed by atoms with Crippen LogP contribution in [0.15, 0.2) is 36.5 Å². The molecular formula is C59H116N2O6P+.